The largest absolute Gasteiger partial charge is 0.371 e. The maximum atomic E-state index is 12.2. The van der Waals surface area contributed by atoms with E-state index in [1.54, 1.807) is 6.92 Å². The highest BCUT2D eigenvalue weighted by Gasteiger charge is 2.24. The van der Waals surface area contributed by atoms with Gasteiger partial charge in [-0.05, 0) is 26.2 Å². The van der Waals surface area contributed by atoms with Crippen LogP contribution in [0, 0.1) is 0 Å². The second-order valence-corrected chi connectivity index (χ2v) is 5.68. The first-order chi connectivity index (χ1) is 10.0. The van der Waals surface area contributed by atoms with Crippen LogP contribution in [-0.4, -0.2) is 39.7 Å². The maximum Gasteiger partial charge on any atom is 0.287 e. The monoisotopic (exact) mass is 312 g/mol. The Labute approximate surface area is 129 Å². The zero-order valence-electron chi connectivity index (χ0n) is 12.4. The fourth-order valence-corrected chi connectivity index (χ4v) is 2.64. The Balaban J connectivity index is 2.10. The molecule has 21 heavy (non-hydrogen) atoms. The zero-order chi connectivity index (χ0) is 15.4. The van der Waals surface area contributed by atoms with Crippen LogP contribution in [-0.2, 0) is 11.3 Å². The van der Waals surface area contributed by atoms with Gasteiger partial charge in [0, 0.05) is 19.6 Å². The minimum Gasteiger partial charge on any atom is -0.371 e. The molecule has 0 bridgehead atoms. The first-order valence-corrected chi connectivity index (χ1v) is 7.73. The van der Waals surface area contributed by atoms with Gasteiger partial charge < -0.3 is 10.2 Å². The van der Waals surface area contributed by atoms with Gasteiger partial charge in [0.1, 0.15) is 11.1 Å². The summed E-state index contributed by atoms with van der Waals surface area (Å²) in [5, 5.41) is 7.15. The van der Waals surface area contributed by atoms with Gasteiger partial charge >= 0.3 is 0 Å². The number of hydrogen-bond acceptors (Lipinski definition) is 4. The summed E-state index contributed by atoms with van der Waals surface area (Å²) in [7, 11) is 0. The van der Waals surface area contributed by atoms with E-state index in [1.807, 2.05) is 11.8 Å². The van der Waals surface area contributed by atoms with E-state index in [0.29, 0.717) is 12.2 Å². The molecule has 1 aromatic rings. The molecular weight excluding hydrogens is 292 g/mol. The van der Waals surface area contributed by atoms with E-state index in [4.69, 9.17) is 11.6 Å². The molecule has 1 N–H and O–H groups in total. The number of aryl methyl sites for hydroxylation is 1. The van der Waals surface area contributed by atoms with E-state index in [9.17, 15) is 9.59 Å². The number of halogens is 1. The lowest BCUT2D eigenvalue weighted by molar-refractivity contribution is -0.130. The van der Waals surface area contributed by atoms with Crippen molar-refractivity contribution in [1.29, 1.82) is 0 Å². The Morgan fingerprint density at radius 2 is 2.14 bits per heavy atom. The number of amides is 1. The number of aromatic nitrogens is 2. The Hall–Kier alpha value is -1.56. The summed E-state index contributed by atoms with van der Waals surface area (Å²) in [6.45, 7) is 5.87. The molecule has 1 fully saturated rings. The molecule has 1 atom stereocenters. The number of anilines is 1. The summed E-state index contributed by atoms with van der Waals surface area (Å²) in [5.41, 5.74) is 0.0819. The normalized spacial score (nSPS) is 16.0. The van der Waals surface area contributed by atoms with Crippen molar-refractivity contribution < 1.29 is 4.79 Å². The summed E-state index contributed by atoms with van der Waals surface area (Å²) in [4.78, 5) is 26.1. The van der Waals surface area contributed by atoms with E-state index in [-0.39, 0.29) is 16.5 Å². The van der Waals surface area contributed by atoms with Crippen LogP contribution >= 0.6 is 11.6 Å². The summed E-state index contributed by atoms with van der Waals surface area (Å²) in [5.74, 6) is 0.0290. The van der Waals surface area contributed by atoms with Gasteiger partial charge in [0.2, 0.25) is 5.91 Å². The molecule has 6 nitrogen and oxygen atoms in total. The van der Waals surface area contributed by atoms with Gasteiger partial charge in [0.15, 0.2) is 0 Å². The number of hydrogen-bond donors (Lipinski definition) is 1. The quantitative estimate of drug-likeness (QED) is 0.899. The molecule has 1 aliphatic heterocycles. The van der Waals surface area contributed by atoms with Crippen LogP contribution < -0.4 is 10.9 Å². The molecule has 0 aromatic carbocycles. The van der Waals surface area contributed by atoms with E-state index in [2.05, 4.69) is 10.4 Å². The predicted molar refractivity (Wildman–Crippen MR) is 82.7 cm³/mol. The third-order valence-corrected chi connectivity index (χ3v) is 3.95. The van der Waals surface area contributed by atoms with E-state index in [1.165, 1.54) is 10.9 Å². The SMILES string of the molecule is CCCn1ncc(NC(C)C(=O)N2CCCC2)c(Cl)c1=O. The van der Waals surface area contributed by atoms with Crippen LogP contribution in [0.4, 0.5) is 5.69 Å². The Kier molecular flexibility index (Phi) is 5.22. The summed E-state index contributed by atoms with van der Waals surface area (Å²) < 4.78 is 1.33. The fourth-order valence-electron chi connectivity index (χ4n) is 2.44. The van der Waals surface area contributed by atoms with Crippen LogP contribution in [0.25, 0.3) is 0 Å². The molecule has 1 saturated heterocycles. The molecule has 1 unspecified atom stereocenters. The Morgan fingerprint density at radius 1 is 1.48 bits per heavy atom. The van der Waals surface area contributed by atoms with Gasteiger partial charge in [0.25, 0.3) is 5.56 Å². The molecule has 7 heteroatoms. The Morgan fingerprint density at radius 3 is 2.76 bits per heavy atom. The van der Waals surface area contributed by atoms with Crippen LogP contribution in [0.15, 0.2) is 11.0 Å². The van der Waals surface area contributed by atoms with Crippen molar-refractivity contribution in [2.24, 2.45) is 0 Å². The van der Waals surface area contributed by atoms with Crippen LogP contribution in [0.2, 0.25) is 5.02 Å². The van der Waals surface area contributed by atoms with Crippen LogP contribution in [0.1, 0.15) is 33.1 Å². The highest BCUT2D eigenvalue weighted by molar-refractivity contribution is 6.33. The number of carbonyl (C=O) groups is 1. The zero-order valence-corrected chi connectivity index (χ0v) is 13.2. The number of carbonyl (C=O) groups excluding carboxylic acids is 1. The standard InChI is InChI=1S/C14H21ClN4O2/c1-3-6-19-14(21)12(15)11(9-16-19)17-10(2)13(20)18-7-4-5-8-18/h9-10,17H,3-8H2,1-2H3. The highest BCUT2D eigenvalue weighted by atomic mass is 35.5. The third-order valence-electron chi connectivity index (χ3n) is 3.58. The molecule has 1 aliphatic rings. The molecule has 2 heterocycles. The van der Waals surface area contributed by atoms with Crippen molar-refractivity contribution in [2.75, 3.05) is 18.4 Å². The Bertz CT molecular complexity index is 567. The molecule has 2 rings (SSSR count). The van der Waals surface area contributed by atoms with Crippen molar-refractivity contribution in [3.8, 4) is 0 Å². The van der Waals surface area contributed by atoms with Crippen molar-refractivity contribution in [1.82, 2.24) is 14.7 Å². The predicted octanol–water partition coefficient (Wildman–Crippen LogP) is 1.73. The van der Waals surface area contributed by atoms with E-state index < -0.39 is 6.04 Å². The lowest BCUT2D eigenvalue weighted by Crippen LogP contribution is -2.40. The maximum absolute atomic E-state index is 12.2. The van der Waals surface area contributed by atoms with Crippen molar-refractivity contribution in [3.63, 3.8) is 0 Å². The second kappa shape index (κ2) is 6.93. The summed E-state index contributed by atoms with van der Waals surface area (Å²) >= 11 is 6.08. The van der Waals surface area contributed by atoms with Crippen LogP contribution in [0.3, 0.4) is 0 Å². The van der Waals surface area contributed by atoms with Gasteiger partial charge in [-0.1, -0.05) is 18.5 Å². The lowest BCUT2D eigenvalue weighted by atomic mass is 10.2. The van der Waals surface area contributed by atoms with Gasteiger partial charge in [-0.25, -0.2) is 4.68 Å². The summed E-state index contributed by atoms with van der Waals surface area (Å²) in [6, 6.07) is -0.427. The molecule has 0 saturated carbocycles. The summed E-state index contributed by atoms with van der Waals surface area (Å²) in [6.07, 6.45) is 4.41. The number of nitrogens with one attached hydrogen (secondary N) is 1. The first-order valence-electron chi connectivity index (χ1n) is 7.35. The minimum atomic E-state index is -0.427. The van der Waals surface area contributed by atoms with Gasteiger partial charge in [0.05, 0.1) is 11.9 Å². The minimum absolute atomic E-state index is 0.0290. The highest BCUT2D eigenvalue weighted by Crippen LogP contribution is 2.18. The average molecular weight is 313 g/mol. The third kappa shape index (κ3) is 3.56. The number of nitrogens with zero attached hydrogens (tertiary/aromatic N) is 3. The molecule has 0 radical (unpaired) electrons. The molecule has 1 amide bonds. The molecular formula is C14H21ClN4O2. The molecule has 0 spiro atoms. The first kappa shape index (κ1) is 15.8. The van der Waals surface area contributed by atoms with Gasteiger partial charge in [-0.15, -0.1) is 0 Å². The lowest BCUT2D eigenvalue weighted by Gasteiger charge is -2.22. The van der Waals surface area contributed by atoms with Crippen LogP contribution in [0.5, 0.6) is 0 Å². The number of likely N-dealkylation sites (tertiary alicyclic amines) is 1. The molecule has 1 aromatic heterocycles. The average Bonchev–Trinajstić information content (AvgIpc) is 3.00. The van der Waals surface area contributed by atoms with E-state index in [0.717, 1.165) is 32.4 Å². The van der Waals surface area contributed by atoms with Gasteiger partial charge in [-0.2, -0.15) is 5.10 Å². The molecule has 116 valence electrons. The molecule has 0 aliphatic carbocycles. The fraction of sp³-hybridized carbons (Fsp3) is 0.643. The smallest absolute Gasteiger partial charge is 0.287 e. The van der Waals surface area contributed by atoms with E-state index >= 15 is 0 Å². The second-order valence-electron chi connectivity index (χ2n) is 5.30. The van der Waals surface area contributed by atoms with Crippen molar-refractivity contribution in [3.05, 3.63) is 21.6 Å². The number of rotatable bonds is 5. The van der Waals surface area contributed by atoms with Crippen molar-refractivity contribution >= 4 is 23.2 Å². The van der Waals surface area contributed by atoms with Gasteiger partial charge in [-0.3, -0.25) is 9.59 Å². The topological polar surface area (TPSA) is 67.2 Å². The van der Waals surface area contributed by atoms with Crippen molar-refractivity contribution in [2.45, 2.75) is 45.7 Å².